The van der Waals surface area contributed by atoms with Crippen molar-refractivity contribution in [3.8, 4) is 0 Å². The van der Waals surface area contributed by atoms with Crippen LogP contribution in [0.1, 0.15) is 24.5 Å². The van der Waals surface area contributed by atoms with Crippen molar-refractivity contribution in [2.24, 2.45) is 0 Å². The van der Waals surface area contributed by atoms with Crippen molar-refractivity contribution >= 4 is 23.6 Å². The van der Waals surface area contributed by atoms with Gasteiger partial charge in [0.2, 0.25) is 5.91 Å². The minimum Gasteiger partial charge on any atom is -0.480 e. The second-order valence-electron chi connectivity index (χ2n) is 4.89. The monoisotopic (exact) mass is 293 g/mol. The number of rotatable bonds is 5. The van der Waals surface area contributed by atoms with E-state index in [1.54, 1.807) is 0 Å². The number of nitrogens with zero attached hydrogens (tertiary/aromatic N) is 1. The molecule has 1 aliphatic heterocycles. The zero-order valence-corrected chi connectivity index (χ0v) is 12.4. The number of hydrogen-bond acceptors (Lipinski definition) is 3. The molecule has 1 heterocycles. The molecule has 0 aliphatic carbocycles. The first-order valence-corrected chi connectivity index (χ1v) is 7.95. The largest absolute Gasteiger partial charge is 0.480 e. The molecule has 5 heteroatoms. The third-order valence-corrected chi connectivity index (χ3v) is 4.56. The van der Waals surface area contributed by atoms with E-state index >= 15 is 0 Å². The van der Waals surface area contributed by atoms with Crippen LogP contribution in [0.15, 0.2) is 24.3 Å². The number of carbonyl (C=O) groups excluding carboxylic acids is 1. The molecule has 4 nitrogen and oxygen atoms in total. The fourth-order valence-corrected chi connectivity index (χ4v) is 3.40. The van der Waals surface area contributed by atoms with E-state index in [1.807, 2.05) is 12.1 Å². The van der Waals surface area contributed by atoms with Crippen LogP contribution < -0.4 is 0 Å². The van der Waals surface area contributed by atoms with Gasteiger partial charge >= 0.3 is 5.97 Å². The summed E-state index contributed by atoms with van der Waals surface area (Å²) >= 11 is 1.50. The van der Waals surface area contributed by atoms with E-state index in [-0.39, 0.29) is 5.91 Å². The summed E-state index contributed by atoms with van der Waals surface area (Å²) in [7, 11) is 0. The van der Waals surface area contributed by atoms with Gasteiger partial charge in [-0.1, -0.05) is 31.2 Å². The lowest BCUT2D eigenvalue weighted by molar-refractivity contribution is -0.147. The van der Waals surface area contributed by atoms with Crippen molar-refractivity contribution in [2.45, 2.75) is 32.2 Å². The molecule has 0 unspecified atom stereocenters. The second kappa shape index (κ2) is 6.79. The molecular weight excluding hydrogens is 274 g/mol. The molecule has 1 aromatic rings. The lowest BCUT2D eigenvalue weighted by Gasteiger charge is -2.20. The maximum atomic E-state index is 12.1. The highest BCUT2D eigenvalue weighted by Crippen LogP contribution is 2.22. The normalized spacial score (nSPS) is 18.2. The lowest BCUT2D eigenvalue weighted by atomic mass is 10.1. The van der Waals surface area contributed by atoms with Gasteiger partial charge in [-0.15, -0.1) is 11.8 Å². The molecule has 108 valence electrons. The molecule has 20 heavy (non-hydrogen) atoms. The van der Waals surface area contributed by atoms with E-state index in [2.05, 4.69) is 19.1 Å². The Hall–Kier alpha value is -1.49. The van der Waals surface area contributed by atoms with Gasteiger partial charge in [0.15, 0.2) is 0 Å². The van der Waals surface area contributed by atoms with Crippen molar-refractivity contribution in [3.05, 3.63) is 35.4 Å². The summed E-state index contributed by atoms with van der Waals surface area (Å²) in [5, 5.41) is 9.07. The fraction of sp³-hybridized carbons (Fsp3) is 0.467. The number of aryl methyl sites for hydroxylation is 2. The van der Waals surface area contributed by atoms with Gasteiger partial charge in [0.25, 0.3) is 0 Å². The molecule has 2 rings (SSSR count). The standard InChI is InChI=1S/C15H19NO3S/c1-2-11-3-5-12(6-4-11)7-8-14(17)16-10-20-9-13(16)15(18)19/h3-6,13H,2,7-10H2,1H3,(H,18,19)/t13-/m0/s1. The summed E-state index contributed by atoms with van der Waals surface area (Å²) in [5.74, 6) is 0.00855. The van der Waals surface area contributed by atoms with Crippen LogP contribution in [0, 0.1) is 0 Å². The van der Waals surface area contributed by atoms with Gasteiger partial charge in [-0.05, 0) is 24.0 Å². The number of thioether (sulfide) groups is 1. The molecule has 0 spiro atoms. The van der Waals surface area contributed by atoms with Crippen molar-refractivity contribution < 1.29 is 14.7 Å². The van der Waals surface area contributed by atoms with E-state index in [0.717, 1.165) is 12.0 Å². The average Bonchev–Trinajstić information content (AvgIpc) is 2.95. The van der Waals surface area contributed by atoms with Gasteiger partial charge in [-0.25, -0.2) is 4.79 Å². The van der Waals surface area contributed by atoms with E-state index < -0.39 is 12.0 Å². The van der Waals surface area contributed by atoms with E-state index in [4.69, 9.17) is 5.11 Å². The smallest absolute Gasteiger partial charge is 0.327 e. The highest BCUT2D eigenvalue weighted by Gasteiger charge is 2.33. The molecule has 0 radical (unpaired) electrons. The van der Waals surface area contributed by atoms with Crippen LogP contribution in [0.25, 0.3) is 0 Å². The summed E-state index contributed by atoms with van der Waals surface area (Å²) in [4.78, 5) is 24.6. The third kappa shape index (κ3) is 3.54. The van der Waals surface area contributed by atoms with Gasteiger partial charge in [-0.3, -0.25) is 4.79 Å². The highest BCUT2D eigenvalue weighted by molar-refractivity contribution is 7.99. The minimum absolute atomic E-state index is 0.0676. The van der Waals surface area contributed by atoms with E-state index in [1.165, 1.54) is 22.2 Å². The predicted octanol–water partition coefficient (Wildman–Crippen LogP) is 2.17. The maximum absolute atomic E-state index is 12.1. The van der Waals surface area contributed by atoms with Crippen molar-refractivity contribution in [3.63, 3.8) is 0 Å². The van der Waals surface area contributed by atoms with Gasteiger partial charge in [0, 0.05) is 12.2 Å². The first-order valence-electron chi connectivity index (χ1n) is 6.79. The third-order valence-electron chi connectivity index (χ3n) is 3.55. The molecule has 1 fully saturated rings. The summed E-state index contributed by atoms with van der Waals surface area (Å²) in [6.07, 6.45) is 2.04. The zero-order valence-electron chi connectivity index (χ0n) is 11.5. The van der Waals surface area contributed by atoms with Crippen LogP contribution in [-0.4, -0.2) is 39.6 Å². The van der Waals surface area contributed by atoms with Crippen LogP contribution in [0.5, 0.6) is 0 Å². The summed E-state index contributed by atoms with van der Waals surface area (Å²) in [6, 6.07) is 7.57. The van der Waals surface area contributed by atoms with Gasteiger partial charge in [0.05, 0.1) is 5.88 Å². The number of carbonyl (C=O) groups is 2. The molecule has 1 N–H and O–H groups in total. The van der Waals surface area contributed by atoms with Gasteiger partial charge in [0.1, 0.15) is 6.04 Å². The Morgan fingerprint density at radius 3 is 2.55 bits per heavy atom. The molecule has 1 aromatic carbocycles. The molecule has 1 aliphatic rings. The molecule has 0 bridgehead atoms. The highest BCUT2D eigenvalue weighted by atomic mass is 32.2. The molecular formula is C15H19NO3S. The van der Waals surface area contributed by atoms with Crippen LogP contribution in [-0.2, 0) is 22.4 Å². The number of aliphatic carboxylic acids is 1. The van der Waals surface area contributed by atoms with Crippen LogP contribution in [0.3, 0.4) is 0 Å². The maximum Gasteiger partial charge on any atom is 0.327 e. The first kappa shape index (κ1) is 14.9. The summed E-state index contributed by atoms with van der Waals surface area (Å²) in [5.41, 5.74) is 2.40. The number of carboxylic acid groups (broad SMARTS) is 1. The Morgan fingerprint density at radius 2 is 1.95 bits per heavy atom. The zero-order chi connectivity index (χ0) is 14.5. The van der Waals surface area contributed by atoms with Crippen LogP contribution >= 0.6 is 11.8 Å². The van der Waals surface area contributed by atoms with E-state index in [9.17, 15) is 9.59 Å². The predicted molar refractivity (Wildman–Crippen MR) is 79.7 cm³/mol. The molecule has 1 amide bonds. The van der Waals surface area contributed by atoms with Crippen molar-refractivity contribution in [2.75, 3.05) is 11.6 Å². The molecule has 0 saturated carbocycles. The topological polar surface area (TPSA) is 57.6 Å². The lowest BCUT2D eigenvalue weighted by Crippen LogP contribution is -2.41. The number of hydrogen-bond donors (Lipinski definition) is 1. The van der Waals surface area contributed by atoms with Crippen LogP contribution in [0.4, 0.5) is 0 Å². The molecule has 1 atom stereocenters. The Balaban J connectivity index is 1.89. The van der Waals surface area contributed by atoms with Crippen molar-refractivity contribution in [1.82, 2.24) is 4.90 Å². The SMILES string of the molecule is CCc1ccc(CCC(=O)N2CSC[C@H]2C(=O)O)cc1. The Morgan fingerprint density at radius 1 is 1.30 bits per heavy atom. The Kier molecular flexibility index (Phi) is 5.06. The number of carboxylic acids is 1. The van der Waals surface area contributed by atoms with Gasteiger partial charge < -0.3 is 10.0 Å². The average molecular weight is 293 g/mol. The minimum atomic E-state index is -0.907. The van der Waals surface area contributed by atoms with Crippen LogP contribution in [0.2, 0.25) is 0 Å². The number of amides is 1. The second-order valence-corrected chi connectivity index (χ2v) is 5.89. The molecule has 0 aromatic heterocycles. The summed E-state index contributed by atoms with van der Waals surface area (Å²) < 4.78 is 0. The quantitative estimate of drug-likeness (QED) is 0.904. The van der Waals surface area contributed by atoms with Crippen molar-refractivity contribution in [1.29, 1.82) is 0 Å². The summed E-state index contributed by atoms with van der Waals surface area (Å²) in [6.45, 7) is 2.11. The van der Waals surface area contributed by atoms with E-state index in [0.29, 0.717) is 24.5 Å². The van der Waals surface area contributed by atoms with Gasteiger partial charge in [-0.2, -0.15) is 0 Å². The fourth-order valence-electron chi connectivity index (χ4n) is 2.23. The Bertz CT molecular complexity index is 486. The number of benzene rings is 1. The first-order chi connectivity index (χ1) is 9.61. The molecule has 1 saturated heterocycles. The Labute approximate surface area is 123 Å².